The van der Waals surface area contributed by atoms with E-state index < -0.39 is 47.4 Å². The summed E-state index contributed by atoms with van der Waals surface area (Å²) in [7, 11) is 0. The summed E-state index contributed by atoms with van der Waals surface area (Å²) in [5.41, 5.74) is -0.941. The van der Waals surface area contributed by atoms with Crippen molar-refractivity contribution in [3.8, 4) is 0 Å². The fourth-order valence-corrected chi connectivity index (χ4v) is 4.77. The molecular formula is C19H21N5O8S2. The summed E-state index contributed by atoms with van der Waals surface area (Å²) in [6.45, 7) is 4.47. The normalized spacial score (nSPS) is 19.9. The van der Waals surface area contributed by atoms with E-state index in [-0.39, 0.29) is 27.9 Å². The van der Waals surface area contributed by atoms with Crippen molar-refractivity contribution in [3.63, 3.8) is 0 Å². The van der Waals surface area contributed by atoms with E-state index in [0.29, 0.717) is 6.41 Å². The van der Waals surface area contributed by atoms with Crippen LogP contribution >= 0.6 is 23.1 Å². The Bertz CT molecular complexity index is 1080. The van der Waals surface area contributed by atoms with Gasteiger partial charge < -0.3 is 30.2 Å². The maximum Gasteiger partial charge on any atom is 0.347 e. The number of β-lactam (4-membered cyclic amide) rings is 1. The molecule has 2 aliphatic rings. The minimum atomic E-state index is -1.12. The third-order valence-electron chi connectivity index (χ3n) is 4.25. The summed E-state index contributed by atoms with van der Waals surface area (Å²) < 4.78 is 5.12. The largest absolute Gasteiger partial charge is 0.478 e. The molecule has 0 bridgehead atoms. The smallest absolute Gasteiger partial charge is 0.347 e. The molecule has 1 unspecified atom stereocenters. The lowest BCUT2D eigenvalue weighted by Crippen LogP contribution is -2.69. The van der Waals surface area contributed by atoms with Gasteiger partial charge >= 0.3 is 11.9 Å². The second-order valence-electron chi connectivity index (χ2n) is 7.96. The second-order valence-corrected chi connectivity index (χ2v) is 9.92. The van der Waals surface area contributed by atoms with Crippen LogP contribution in [-0.2, 0) is 33.5 Å². The molecule has 1 saturated heterocycles. The van der Waals surface area contributed by atoms with E-state index in [4.69, 9.17) is 14.7 Å². The average molecular weight is 512 g/mol. The number of oxime groups is 1. The Morgan fingerprint density at radius 2 is 2.12 bits per heavy atom. The van der Waals surface area contributed by atoms with Crippen LogP contribution in [0.2, 0.25) is 0 Å². The van der Waals surface area contributed by atoms with Crippen molar-refractivity contribution in [2.24, 2.45) is 5.16 Å². The van der Waals surface area contributed by atoms with Crippen LogP contribution in [0.3, 0.4) is 0 Å². The molecule has 0 aliphatic carbocycles. The molecule has 3 amide bonds. The van der Waals surface area contributed by atoms with Gasteiger partial charge in [0, 0.05) is 17.3 Å². The first-order chi connectivity index (χ1) is 16.0. The number of hydrogen-bond donors (Lipinski definition) is 3. The van der Waals surface area contributed by atoms with E-state index in [2.05, 4.69) is 20.8 Å². The molecule has 3 N–H and O–H groups in total. The van der Waals surface area contributed by atoms with Crippen molar-refractivity contribution in [2.75, 3.05) is 17.7 Å². The number of carbonyl (C=O) groups is 5. The zero-order chi connectivity index (χ0) is 25.0. The fourth-order valence-electron chi connectivity index (χ4n) is 2.86. The van der Waals surface area contributed by atoms with E-state index in [0.717, 1.165) is 11.3 Å². The topological polar surface area (TPSA) is 177 Å². The Kier molecular flexibility index (Phi) is 7.56. The summed E-state index contributed by atoms with van der Waals surface area (Å²) in [6.07, 6.45) is 1.67. The van der Waals surface area contributed by atoms with Gasteiger partial charge in [0.05, 0.1) is 5.57 Å². The van der Waals surface area contributed by atoms with Gasteiger partial charge in [0.1, 0.15) is 22.7 Å². The molecule has 3 heterocycles. The number of aliphatic carboxylic acids is 1. The van der Waals surface area contributed by atoms with E-state index in [1.807, 2.05) is 0 Å². The maximum atomic E-state index is 13.0. The van der Waals surface area contributed by atoms with Crippen molar-refractivity contribution in [1.29, 1.82) is 0 Å². The number of carbonyl (C=O) groups excluding carboxylic acids is 4. The number of fused-ring (bicyclic) bond motifs is 1. The van der Waals surface area contributed by atoms with E-state index in [1.165, 1.54) is 28.2 Å². The van der Waals surface area contributed by atoms with E-state index >= 15 is 0 Å². The minimum absolute atomic E-state index is 0.0454. The zero-order valence-corrected chi connectivity index (χ0v) is 19.9. The summed E-state index contributed by atoms with van der Waals surface area (Å²) >= 11 is 2.22. The number of ether oxygens (including phenoxy) is 1. The van der Waals surface area contributed by atoms with Gasteiger partial charge in [-0.05, 0) is 20.8 Å². The summed E-state index contributed by atoms with van der Waals surface area (Å²) in [4.78, 5) is 69.4. The molecule has 0 spiro atoms. The van der Waals surface area contributed by atoms with Gasteiger partial charge in [-0.3, -0.25) is 14.4 Å². The Morgan fingerprint density at radius 1 is 1.38 bits per heavy atom. The summed E-state index contributed by atoms with van der Waals surface area (Å²) in [5, 5.41) is 18.9. The predicted octanol–water partition coefficient (Wildman–Crippen LogP) is 0.142. The number of nitrogens with zero attached hydrogens (tertiary/aromatic N) is 3. The van der Waals surface area contributed by atoms with Crippen LogP contribution in [0.25, 0.3) is 0 Å². The van der Waals surface area contributed by atoms with Gasteiger partial charge in [-0.2, -0.15) is 0 Å². The van der Waals surface area contributed by atoms with Crippen molar-refractivity contribution in [2.45, 2.75) is 37.8 Å². The quantitative estimate of drug-likeness (QED) is 0.136. The standard InChI is InChI=1S/C19H21N5O8S2/c1-19(2,3)32-11(26)5-31-23-12(10-7-34-18(21-10)20-8-25)14(27)22-13-15(28)24-4-9(17(29)30)6-33-16(13)24/h4,7-8,13,16H,5-6H2,1-3H3,(H,22,27)(H,29,30)(H,20,21,25)/t13?,16-/m1/s1. The van der Waals surface area contributed by atoms with Gasteiger partial charge in [-0.25, -0.2) is 14.6 Å². The lowest BCUT2D eigenvalue weighted by Gasteiger charge is -2.46. The number of rotatable bonds is 9. The van der Waals surface area contributed by atoms with Gasteiger partial charge in [0.2, 0.25) is 13.0 Å². The molecule has 0 aromatic carbocycles. The second kappa shape index (κ2) is 10.2. The first-order valence-corrected chi connectivity index (χ1v) is 11.7. The number of nitrogens with one attached hydrogen (secondary N) is 2. The molecule has 0 saturated carbocycles. The van der Waals surface area contributed by atoms with Crippen LogP contribution < -0.4 is 10.6 Å². The molecule has 2 atom stereocenters. The number of thiazole rings is 1. The molecule has 3 rings (SSSR count). The van der Waals surface area contributed by atoms with E-state index in [9.17, 15) is 24.0 Å². The number of carboxylic acid groups (broad SMARTS) is 1. The number of aromatic nitrogens is 1. The highest BCUT2D eigenvalue weighted by Gasteiger charge is 2.50. The van der Waals surface area contributed by atoms with Crippen LogP contribution in [0, 0.1) is 0 Å². The van der Waals surface area contributed by atoms with Crippen LogP contribution in [0.4, 0.5) is 5.13 Å². The third-order valence-corrected chi connectivity index (χ3v) is 6.34. The highest BCUT2D eigenvalue weighted by Crippen LogP contribution is 2.36. The average Bonchev–Trinajstić information content (AvgIpc) is 3.21. The Labute approximate surface area is 201 Å². The molecule has 1 aromatic heterocycles. The molecule has 2 aliphatic heterocycles. The maximum absolute atomic E-state index is 13.0. The lowest BCUT2D eigenvalue weighted by molar-refractivity contribution is -0.160. The van der Waals surface area contributed by atoms with Gasteiger partial charge in [-0.15, -0.1) is 23.1 Å². The zero-order valence-electron chi connectivity index (χ0n) is 18.3. The van der Waals surface area contributed by atoms with Crippen molar-refractivity contribution < 1.29 is 38.7 Å². The van der Waals surface area contributed by atoms with Crippen LogP contribution in [0.15, 0.2) is 22.3 Å². The highest BCUT2D eigenvalue weighted by molar-refractivity contribution is 8.00. The predicted molar refractivity (Wildman–Crippen MR) is 121 cm³/mol. The molecule has 182 valence electrons. The monoisotopic (exact) mass is 511 g/mol. The lowest BCUT2D eigenvalue weighted by atomic mass is 10.1. The van der Waals surface area contributed by atoms with Crippen LogP contribution in [-0.4, -0.2) is 80.2 Å². The Balaban J connectivity index is 1.73. The molecule has 1 fully saturated rings. The van der Waals surface area contributed by atoms with Crippen molar-refractivity contribution >= 4 is 64.1 Å². The number of carboxylic acids is 1. The highest BCUT2D eigenvalue weighted by atomic mass is 32.2. The van der Waals surface area contributed by atoms with E-state index in [1.54, 1.807) is 20.8 Å². The fraction of sp³-hybridized carbons (Fsp3) is 0.421. The number of hydrogen-bond acceptors (Lipinski definition) is 11. The Hall–Kier alpha value is -3.46. The molecular weight excluding hydrogens is 490 g/mol. The minimum Gasteiger partial charge on any atom is -0.478 e. The van der Waals surface area contributed by atoms with Crippen LogP contribution in [0.5, 0.6) is 0 Å². The van der Waals surface area contributed by atoms with Gasteiger partial charge in [0.25, 0.3) is 11.8 Å². The molecule has 13 nitrogen and oxygen atoms in total. The Morgan fingerprint density at radius 3 is 2.76 bits per heavy atom. The van der Waals surface area contributed by atoms with Gasteiger partial charge in [-0.1, -0.05) is 5.16 Å². The summed E-state index contributed by atoms with van der Waals surface area (Å²) in [5.74, 6) is -2.95. The number of amides is 3. The number of thioether (sulfide) groups is 1. The van der Waals surface area contributed by atoms with Crippen LogP contribution in [0.1, 0.15) is 26.5 Å². The third kappa shape index (κ3) is 5.91. The molecule has 1 aromatic rings. The van der Waals surface area contributed by atoms with Gasteiger partial charge in [0.15, 0.2) is 10.8 Å². The SMILES string of the molecule is CC(C)(C)OC(=O)CON=C(C(=O)NC1C(=O)N2C=C(C(=O)O)CS[C@H]12)c1csc(NC=O)n1. The molecule has 15 heteroatoms. The number of anilines is 1. The summed E-state index contributed by atoms with van der Waals surface area (Å²) in [6, 6.07) is -0.925. The molecule has 0 radical (unpaired) electrons. The first kappa shape index (κ1) is 25.2. The van der Waals surface area contributed by atoms with Crippen molar-refractivity contribution in [1.82, 2.24) is 15.2 Å². The molecule has 34 heavy (non-hydrogen) atoms. The first-order valence-electron chi connectivity index (χ1n) is 9.76. The van der Waals surface area contributed by atoms with Crippen molar-refractivity contribution in [3.05, 3.63) is 22.8 Å². The number of esters is 1.